The van der Waals surface area contributed by atoms with Crippen LogP contribution in [0, 0.1) is 12.8 Å². The maximum absolute atomic E-state index is 9.76. The number of benzene rings is 2. The summed E-state index contributed by atoms with van der Waals surface area (Å²) in [6.07, 6.45) is 1.12. The molecule has 0 aliphatic heterocycles. The molecule has 0 bridgehead atoms. The normalized spacial score (nSPS) is 12.4. The van der Waals surface area contributed by atoms with Crippen LogP contribution in [0.3, 0.4) is 0 Å². The average Bonchev–Trinajstić information content (AvgIpc) is 2.43. The van der Waals surface area contributed by atoms with E-state index in [1.807, 2.05) is 19.1 Å². The van der Waals surface area contributed by atoms with E-state index in [0.717, 1.165) is 17.7 Å². The molecule has 2 nitrogen and oxygen atoms in total. The van der Waals surface area contributed by atoms with Crippen molar-refractivity contribution in [2.45, 2.75) is 40.2 Å². The molecule has 21 heavy (non-hydrogen) atoms. The van der Waals surface area contributed by atoms with Crippen molar-refractivity contribution in [3.05, 3.63) is 59.2 Å². The fourth-order valence-electron chi connectivity index (χ4n) is 2.45. The minimum absolute atomic E-state index is 0.209. The van der Waals surface area contributed by atoms with Gasteiger partial charge in [0.2, 0.25) is 0 Å². The van der Waals surface area contributed by atoms with Crippen molar-refractivity contribution in [3.63, 3.8) is 0 Å². The Labute approximate surface area is 127 Å². The van der Waals surface area contributed by atoms with E-state index in [1.165, 1.54) is 11.1 Å². The number of anilines is 1. The Morgan fingerprint density at radius 2 is 1.67 bits per heavy atom. The molecule has 2 heteroatoms. The maximum atomic E-state index is 9.76. The number of aryl methyl sites for hydroxylation is 1. The maximum Gasteiger partial charge on any atom is 0.120 e. The van der Waals surface area contributed by atoms with E-state index in [-0.39, 0.29) is 6.04 Å². The highest BCUT2D eigenvalue weighted by Crippen LogP contribution is 2.25. The quantitative estimate of drug-likeness (QED) is 0.802. The highest BCUT2D eigenvalue weighted by molar-refractivity contribution is 5.52. The first-order chi connectivity index (χ1) is 9.95. The average molecular weight is 283 g/mol. The van der Waals surface area contributed by atoms with E-state index in [0.29, 0.717) is 11.7 Å². The fourth-order valence-corrected chi connectivity index (χ4v) is 2.45. The molecule has 1 atom stereocenters. The predicted octanol–water partition coefficient (Wildman–Crippen LogP) is 5.07. The minimum atomic E-state index is 0.209. The molecule has 0 amide bonds. The third-order valence-electron chi connectivity index (χ3n) is 3.72. The SMILES string of the molecule is Cc1ccc(NC(C)c2ccc(CC(C)C)cc2)cc1O. The van der Waals surface area contributed by atoms with Crippen molar-refractivity contribution in [2.75, 3.05) is 5.32 Å². The Morgan fingerprint density at radius 1 is 1.00 bits per heavy atom. The highest BCUT2D eigenvalue weighted by atomic mass is 16.3. The van der Waals surface area contributed by atoms with Crippen LogP contribution < -0.4 is 5.32 Å². The monoisotopic (exact) mass is 283 g/mol. The molecule has 0 spiro atoms. The molecule has 112 valence electrons. The van der Waals surface area contributed by atoms with Gasteiger partial charge in [0, 0.05) is 17.8 Å². The predicted molar refractivity (Wildman–Crippen MR) is 89.9 cm³/mol. The zero-order valence-corrected chi connectivity index (χ0v) is 13.4. The van der Waals surface area contributed by atoms with Crippen LogP contribution in [0.15, 0.2) is 42.5 Å². The lowest BCUT2D eigenvalue weighted by molar-refractivity contribution is 0.471. The number of rotatable bonds is 5. The van der Waals surface area contributed by atoms with E-state index in [2.05, 4.69) is 50.4 Å². The summed E-state index contributed by atoms with van der Waals surface area (Å²) in [5.74, 6) is 1.02. The van der Waals surface area contributed by atoms with Gasteiger partial charge in [-0.2, -0.15) is 0 Å². The van der Waals surface area contributed by atoms with Crippen LogP contribution in [0.4, 0.5) is 5.69 Å². The third kappa shape index (κ3) is 4.25. The van der Waals surface area contributed by atoms with Gasteiger partial charge in [0.05, 0.1) is 0 Å². The lowest BCUT2D eigenvalue weighted by Gasteiger charge is -2.17. The number of nitrogens with one attached hydrogen (secondary N) is 1. The summed E-state index contributed by atoms with van der Waals surface area (Å²) in [6, 6.07) is 14.7. The van der Waals surface area contributed by atoms with Crippen molar-refractivity contribution in [3.8, 4) is 5.75 Å². The number of phenolic OH excluding ortho intramolecular Hbond substituents is 1. The minimum Gasteiger partial charge on any atom is -0.508 e. The number of aromatic hydroxyl groups is 1. The van der Waals surface area contributed by atoms with Crippen LogP contribution in [-0.2, 0) is 6.42 Å². The van der Waals surface area contributed by atoms with Gasteiger partial charge in [0.15, 0.2) is 0 Å². The summed E-state index contributed by atoms with van der Waals surface area (Å²) in [7, 11) is 0. The summed E-state index contributed by atoms with van der Waals surface area (Å²) in [5, 5.41) is 13.2. The first-order valence-electron chi connectivity index (χ1n) is 7.60. The van der Waals surface area contributed by atoms with Gasteiger partial charge in [-0.25, -0.2) is 0 Å². The van der Waals surface area contributed by atoms with Gasteiger partial charge in [-0.15, -0.1) is 0 Å². The first kappa shape index (κ1) is 15.4. The Bertz CT molecular complexity index is 587. The van der Waals surface area contributed by atoms with Crippen molar-refractivity contribution in [2.24, 2.45) is 5.92 Å². The second-order valence-electron chi connectivity index (χ2n) is 6.21. The smallest absolute Gasteiger partial charge is 0.120 e. The molecular formula is C19H25NO. The van der Waals surface area contributed by atoms with Crippen LogP contribution in [0.2, 0.25) is 0 Å². The second-order valence-corrected chi connectivity index (χ2v) is 6.21. The van der Waals surface area contributed by atoms with E-state index in [4.69, 9.17) is 0 Å². The Balaban J connectivity index is 2.05. The molecule has 0 saturated heterocycles. The van der Waals surface area contributed by atoms with Gasteiger partial charge in [0.1, 0.15) is 5.75 Å². The van der Waals surface area contributed by atoms with E-state index in [1.54, 1.807) is 6.07 Å². The fraction of sp³-hybridized carbons (Fsp3) is 0.368. The molecular weight excluding hydrogens is 258 g/mol. The number of hydrogen-bond donors (Lipinski definition) is 2. The van der Waals surface area contributed by atoms with Crippen LogP contribution in [0.5, 0.6) is 5.75 Å². The van der Waals surface area contributed by atoms with Gasteiger partial charge in [-0.1, -0.05) is 44.2 Å². The topological polar surface area (TPSA) is 32.3 Å². The first-order valence-corrected chi connectivity index (χ1v) is 7.60. The molecule has 0 fully saturated rings. The summed E-state index contributed by atoms with van der Waals surface area (Å²) < 4.78 is 0. The molecule has 0 heterocycles. The van der Waals surface area contributed by atoms with Crippen LogP contribution in [0.1, 0.15) is 43.5 Å². The largest absolute Gasteiger partial charge is 0.508 e. The summed E-state index contributed by atoms with van der Waals surface area (Å²) >= 11 is 0. The number of phenols is 1. The molecule has 1 unspecified atom stereocenters. The Hall–Kier alpha value is -1.96. The Kier molecular flexibility index (Phi) is 4.89. The van der Waals surface area contributed by atoms with Crippen molar-refractivity contribution >= 4 is 5.69 Å². The van der Waals surface area contributed by atoms with Crippen molar-refractivity contribution in [1.29, 1.82) is 0 Å². The van der Waals surface area contributed by atoms with Gasteiger partial charge in [0.25, 0.3) is 0 Å². The summed E-state index contributed by atoms with van der Waals surface area (Å²) in [4.78, 5) is 0. The second kappa shape index (κ2) is 6.66. The summed E-state index contributed by atoms with van der Waals surface area (Å²) in [5.41, 5.74) is 4.47. The zero-order chi connectivity index (χ0) is 15.4. The molecule has 0 aliphatic rings. The van der Waals surface area contributed by atoms with Crippen molar-refractivity contribution < 1.29 is 5.11 Å². The highest BCUT2D eigenvalue weighted by Gasteiger charge is 2.07. The van der Waals surface area contributed by atoms with Crippen molar-refractivity contribution in [1.82, 2.24) is 0 Å². The molecule has 0 aliphatic carbocycles. The van der Waals surface area contributed by atoms with E-state index < -0.39 is 0 Å². The lowest BCUT2D eigenvalue weighted by Crippen LogP contribution is -2.06. The zero-order valence-electron chi connectivity index (χ0n) is 13.4. The molecule has 0 saturated carbocycles. The number of hydrogen-bond acceptors (Lipinski definition) is 2. The molecule has 0 radical (unpaired) electrons. The van der Waals surface area contributed by atoms with Crippen LogP contribution in [0.25, 0.3) is 0 Å². The summed E-state index contributed by atoms with van der Waals surface area (Å²) in [6.45, 7) is 8.51. The van der Waals surface area contributed by atoms with Gasteiger partial charge in [-0.05, 0) is 48.9 Å². The molecule has 2 aromatic carbocycles. The van der Waals surface area contributed by atoms with E-state index in [9.17, 15) is 5.11 Å². The van der Waals surface area contributed by atoms with E-state index >= 15 is 0 Å². The molecule has 2 N–H and O–H groups in total. The van der Waals surface area contributed by atoms with Gasteiger partial charge in [-0.3, -0.25) is 0 Å². The third-order valence-corrected chi connectivity index (χ3v) is 3.72. The molecule has 2 aromatic rings. The van der Waals surface area contributed by atoms with Crippen LogP contribution >= 0.6 is 0 Å². The van der Waals surface area contributed by atoms with Gasteiger partial charge >= 0.3 is 0 Å². The Morgan fingerprint density at radius 3 is 2.24 bits per heavy atom. The van der Waals surface area contributed by atoms with Gasteiger partial charge < -0.3 is 10.4 Å². The molecule has 2 rings (SSSR count). The van der Waals surface area contributed by atoms with Crippen LogP contribution in [-0.4, -0.2) is 5.11 Å². The molecule has 0 aromatic heterocycles. The lowest BCUT2D eigenvalue weighted by atomic mass is 10.00. The standard InChI is InChI=1S/C19H25NO/c1-13(2)11-16-6-8-17(9-7-16)15(4)20-18-10-5-14(3)19(21)12-18/h5-10,12-13,15,20-21H,11H2,1-4H3.